The summed E-state index contributed by atoms with van der Waals surface area (Å²) >= 11 is 1.83. The van der Waals surface area contributed by atoms with E-state index >= 15 is 0 Å². The summed E-state index contributed by atoms with van der Waals surface area (Å²) in [7, 11) is 0. The minimum absolute atomic E-state index is 0.395. The van der Waals surface area contributed by atoms with Crippen LogP contribution >= 0.6 is 11.8 Å². The Bertz CT molecular complexity index is 334. The fraction of sp³-hybridized carbons (Fsp3) is 0.615. The monoisotopic (exact) mass is 237 g/mol. The maximum absolute atomic E-state index is 9.49. The van der Waals surface area contributed by atoms with Gasteiger partial charge in [-0.25, -0.2) is 4.98 Å². The van der Waals surface area contributed by atoms with Crippen molar-refractivity contribution in [2.75, 3.05) is 5.75 Å². The average Bonchev–Trinajstić information content (AvgIpc) is 2.79. The first-order chi connectivity index (χ1) is 7.75. The number of aliphatic hydroxyl groups excluding tert-OH is 1. The fourth-order valence-corrected chi connectivity index (χ4v) is 3.24. The van der Waals surface area contributed by atoms with Crippen molar-refractivity contribution in [2.45, 2.75) is 43.7 Å². The lowest BCUT2D eigenvalue weighted by molar-refractivity contribution is 0.199. The number of nitrogens with zero attached hydrogens (tertiary/aromatic N) is 1. The molecule has 16 heavy (non-hydrogen) atoms. The summed E-state index contributed by atoms with van der Waals surface area (Å²) in [5, 5.41) is 10.5. The summed E-state index contributed by atoms with van der Waals surface area (Å²) in [5.41, 5.74) is 0.962. The van der Waals surface area contributed by atoms with Crippen LogP contribution in [0.5, 0.6) is 0 Å². The van der Waals surface area contributed by atoms with Crippen LogP contribution < -0.4 is 0 Å². The lowest BCUT2D eigenvalue weighted by Gasteiger charge is -2.09. The van der Waals surface area contributed by atoms with Crippen molar-refractivity contribution in [3.8, 4) is 0 Å². The predicted octanol–water partition coefficient (Wildman–Crippen LogP) is 3.42. The molecule has 1 N–H and O–H groups in total. The molecule has 3 heteroatoms. The molecule has 1 fully saturated rings. The maximum atomic E-state index is 9.49. The van der Waals surface area contributed by atoms with Gasteiger partial charge in [0, 0.05) is 11.9 Å². The highest BCUT2D eigenvalue weighted by molar-refractivity contribution is 7.99. The zero-order chi connectivity index (χ0) is 11.4. The van der Waals surface area contributed by atoms with Gasteiger partial charge in [-0.1, -0.05) is 12.8 Å². The van der Waals surface area contributed by atoms with Crippen molar-refractivity contribution in [1.82, 2.24) is 4.98 Å². The molecule has 0 spiro atoms. The number of hydrogen-bond acceptors (Lipinski definition) is 3. The second kappa shape index (κ2) is 5.69. The van der Waals surface area contributed by atoms with Crippen LogP contribution in [0.25, 0.3) is 0 Å². The van der Waals surface area contributed by atoms with Crippen LogP contribution in [0.2, 0.25) is 0 Å². The second-order valence-corrected chi connectivity index (χ2v) is 5.61. The first-order valence-corrected chi connectivity index (χ1v) is 7.01. The van der Waals surface area contributed by atoms with E-state index in [9.17, 15) is 5.11 Å². The molecule has 1 aliphatic carbocycles. The normalized spacial score (nSPS) is 18.9. The molecule has 0 aliphatic heterocycles. The average molecular weight is 237 g/mol. The van der Waals surface area contributed by atoms with Gasteiger partial charge in [0.15, 0.2) is 0 Å². The third kappa shape index (κ3) is 3.22. The highest BCUT2D eigenvalue weighted by Crippen LogP contribution is 2.30. The summed E-state index contributed by atoms with van der Waals surface area (Å²) in [5.74, 6) is 2.05. The van der Waals surface area contributed by atoms with E-state index in [-0.39, 0.29) is 0 Å². The zero-order valence-electron chi connectivity index (χ0n) is 9.72. The molecule has 1 atom stereocenters. The Labute approximate surface area is 101 Å². The van der Waals surface area contributed by atoms with Crippen molar-refractivity contribution >= 4 is 11.8 Å². The molecule has 1 aliphatic rings. The van der Waals surface area contributed by atoms with Crippen LogP contribution in [-0.4, -0.2) is 15.8 Å². The van der Waals surface area contributed by atoms with Crippen LogP contribution in [0.3, 0.4) is 0 Å². The molecule has 0 saturated heterocycles. The van der Waals surface area contributed by atoms with Crippen molar-refractivity contribution in [3.63, 3.8) is 0 Å². The minimum atomic E-state index is -0.395. The van der Waals surface area contributed by atoms with Crippen molar-refractivity contribution < 1.29 is 5.11 Å². The number of hydrogen-bond donors (Lipinski definition) is 1. The standard InChI is InChI=1S/C13H19NOS/c1-10(15)12-6-7-14-13(8-12)16-9-11-4-2-3-5-11/h6-8,10-11,15H,2-5,9H2,1H3/t10-/m0/s1. The zero-order valence-corrected chi connectivity index (χ0v) is 10.5. The molecule has 1 saturated carbocycles. The molecule has 0 aromatic carbocycles. The number of aromatic nitrogens is 1. The van der Waals surface area contributed by atoms with E-state index in [1.165, 1.54) is 31.4 Å². The van der Waals surface area contributed by atoms with Crippen LogP contribution in [0, 0.1) is 5.92 Å². The van der Waals surface area contributed by atoms with E-state index < -0.39 is 6.10 Å². The second-order valence-electron chi connectivity index (χ2n) is 4.56. The Kier molecular flexibility index (Phi) is 4.24. The van der Waals surface area contributed by atoms with E-state index in [0.717, 1.165) is 16.5 Å². The fourth-order valence-electron chi connectivity index (χ4n) is 2.14. The third-order valence-electron chi connectivity index (χ3n) is 3.18. The highest BCUT2D eigenvalue weighted by Gasteiger charge is 2.15. The molecule has 2 nitrogen and oxygen atoms in total. The summed E-state index contributed by atoms with van der Waals surface area (Å²) in [4.78, 5) is 4.33. The molecular formula is C13H19NOS. The van der Waals surface area contributed by atoms with Gasteiger partial charge >= 0.3 is 0 Å². The van der Waals surface area contributed by atoms with Gasteiger partial charge in [0.2, 0.25) is 0 Å². The van der Waals surface area contributed by atoms with Gasteiger partial charge in [-0.15, -0.1) is 11.8 Å². The summed E-state index contributed by atoms with van der Waals surface area (Å²) in [6, 6.07) is 3.88. The topological polar surface area (TPSA) is 33.1 Å². The van der Waals surface area contributed by atoms with Crippen LogP contribution in [0.15, 0.2) is 23.4 Å². The summed E-state index contributed by atoms with van der Waals surface area (Å²) in [6.07, 6.45) is 6.94. The molecule has 2 rings (SSSR count). The molecule has 88 valence electrons. The quantitative estimate of drug-likeness (QED) is 0.815. The lowest BCUT2D eigenvalue weighted by atomic mass is 10.1. The molecule has 0 unspecified atom stereocenters. The van der Waals surface area contributed by atoms with Gasteiger partial charge in [0.1, 0.15) is 0 Å². The summed E-state index contributed by atoms with van der Waals surface area (Å²) in [6.45, 7) is 1.79. The van der Waals surface area contributed by atoms with E-state index in [1.54, 1.807) is 13.1 Å². The van der Waals surface area contributed by atoms with Crippen molar-refractivity contribution in [1.29, 1.82) is 0 Å². The number of aliphatic hydroxyl groups is 1. The number of thioether (sulfide) groups is 1. The molecule has 1 aromatic heterocycles. The third-order valence-corrected chi connectivity index (χ3v) is 4.34. The number of pyridine rings is 1. The van der Waals surface area contributed by atoms with Crippen LogP contribution in [0.4, 0.5) is 0 Å². The Morgan fingerprint density at radius 3 is 2.94 bits per heavy atom. The molecule has 0 radical (unpaired) electrons. The molecule has 0 amide bonds. The Balaban J connectivity index is 1.90. The Hall–Kier alpha value is -0.540. The first-order valence-electron chi connectivity index (χ1n) is 6.02. The van der Waals surface area contributed by atoms with Crippen LogP contribution in [-0.2, 0) is 0 Å². The van der Waals surface area contributed by atoms with Gasteiger partial charge < -0.3 is 5.11 Å². The smallest absolute Gasteiger partial charge is 0.0963 e. The van der Waals surface area contributed by atoms with Crippen LogP contribution in [0.1, 0.15) is 44.3 Å². The van der Waals surface area contributed by atoms with Gasteiger partial charge in [-0.05, 0) is 43.4 Å². The highest BCUT2D eigenvalue weighted by atomic mass is 32.2. The predicted molar refractivity (Wildman–Crippen MR) is 67.6 cm³/mol. The molecule has 0 bridgehead atoms. The van der Waals surface area contributed by atoms with Gasteiger partial charge in [0.05, 0.1) is 11.1 Å². The minimum Gasteiger partial charge on any atom is -0.389 e. The van der Waals surface area contributed by atoms with E-state index in [2.05, 4.69) is 4.98 Å². The molecular weight excluding hydrogens is 218 g/mol. The van der Waals surface area contributed by atoms with E-state index in [1.807, 2.05) is 23.9 Å². The molecule has 1 aromatic rings. The SMILES string of the molecule is C[C@H](O)c1ccnc(SCC2CCCC2)c1. The van der Waals surface area contributed by atoms with E-state index in [0.29, 0.717) is 0 Å². The Morgan fingerprint density at radius 2 is 2.25 bits per heavy atom. The first kappa shape index (κ1) is 11.9. The largest absolute Gasteiger partial charge is 0.389 e. The Morgan fingerprint density at radius 1 is 1.50 bits per heavy atom. The van der Waals surface area contributed by atoms with E-state index in [4.69, 9.17) is 0 Å². The number of rotatable bonds is 4. The maximum Gasteiger partial charge on any atom is 0.0963 e. The van der Waals surface area contributed by atoms with Gasteiger partial charge in [-0.2, -0.15) is 0 Å². The summed E-state index contributed by atoms with van der Waals surface area (Å²) < 4.78 is 0. The van der Waals surface area contributed by atoms with Gasteiger partial charge in [0.25, 0.3) is 0 Å². The van der Waals surface area contributed by atoms with Gasteiger partial charge in [-0.3, -0.25) is 0 Å². The molecule has 1 heterocycles. The lowest BCUT2D eigenvalue weighted by Crippen LogP contribution is -1.98. The van der Waals surface area contributed by atoms with Crippen molar-refractivity contribution in [3.05, 3.63) is 23.9 Å². The van der Waals surface area contributed by atoms with Crippen molar-refractivity contribution in [2.24, 2.45) is 5.92 Å².